The number of hydrogen-bond donors (Lipinski definition) is 2. The summed E-state index contributed by atoms with van der Waals surface area (Å²) < 4.78 is 0. The Morgan fingerprint density at radius 2 is 1.84 bits per heavy atom. The van der Waals surface area contributed by atoms with Gasteiger partial charge in [-0.05, 0) is 45.9 Å². The van der Waals surface area contributed by atoms with Gasteiger partial charge in [0, 0.05) is 18.6 Å². The van der Waals surface area contributed by atoms with Crippen molar-refractivity contribution in [2.75, 3.05) is 33.7 Å². The molecule has 2 atom stereocenters. The maximum atomic E-state index is 5.88. The first-order valence-electron chi connectivity index (χ1n) is 8.05. The SMILES string of the molecule is CN1CCCN(C)C(C(CC2CCCCC2)NN)C1. The van der Waals surface area contributed by atoms with Gasteiger partial charge in [0.05, 0.1) is 0 Å². The fraction of sp³-hybridized carbons (Fsp3) is 1.00. The molecule has 2 aliphatic rings. The van der Waals surface area contributed by atoms with Gasteiger partial charge in [0.1, 0.15) is 0 Å². The minimum atomic E-state index is 0.439. The molecule has 4 heteroatoms. The van der Waals surface area contributed by atoms with Crippen LogP contribution in [0.4, 0.5) is 0 Å². The fourth-order valence-corrected chi connectivity index (χ4v) is 3.86. The molecule has 1 saturated heterocycles. The Balaban J connectivity index is 1.93. The van der Waals surface area contributed by atoms with E-state index in [0.717, 1.165) is 12.5 Å². The molecule has 2 rings (SSSR count). The maximum absolute atomic E-state index is 5.88. The number of nitrogens with two attached hydrogens (primary N) is 1. The third kappa shape index (κ3) is 4.42. The summed E-state index contributed by atoms with van der Waals surface area (Å²) in [5, 5.41) is 0. The highest BCUT2D eigenvalue weighted by molar-refractivity contribution is 4.88. The van der Waals surface area contributed by atoms with Crippen molar-refractivity contribution in [2.45, 2.75) is 57.0 Å². The molecule has 0 aromatic heterocycles. The van der Waals surface area contributed by atoms with Crippen molar-refractivity contribution < 1.29 is 0 Å². The average Bonchev–Trinajstić information content (AvgIpc) is 2.59. The molecule has 2 unspecified atom stereocenters. The molecule has 1 aliphatic heterocycles. The van der Waals surface area contributed by atoms with Crippen LogP contribution in [-0.2, 0) is 0 Å². The Morgan fingerprint density at radius 3 is 2.53 bits per heavy atom. The van der Waals surface area contributed by atoms with Crippen LogP contribution in [0.5, 0.6) is 0 Å². The molecule has 0 aromatic rings. The smallest absolute Gasteiger partial charge is 0.0386 e. The monoisotopic (exact) mass is 268 g/mol. The zero-order chi connectivity index (χ0) is 13.7. The molecule has 1 aliphatic carbocycles. The summed E-state index contributed by atoms with van der Waals surface area (Å²) in [7, 11) is 4.50. The molecule has 0 amide bonds. The minimum Gasteiger partial charge on any atom is -0.305 e. The van der Waals surface area contributed by atoms with E-state index in [-0.39, 0.29) is 0 Å². The summed E-state index contributed by atoms with van der Waals surface area (Å²) in [4.78, 5) is 4.97. The van der Waals surface area contributed by atoms with Gasteiger partial charge in [0.2, 0.25) is 0 Å². The van der Waals surface area contributed by atoms with Crippen LogP contribution in [0.2, 0.25) is 0 Å². The van der Waals surface area contributed by atoms with Gasteiger partial charge in [-0.25, -0.2) is 0 Å². The highest BCUT2D eigenvalue weighted by Gasteiger charge is 2.30. The minimum absolute atomic E-state index is 0.439. The topological polar surface area (TPSA) is 44.5 Å². The van der Waals surface area contributed by atoms with Gasteiger partial charge in [-0.1, -0.05) is 32.1 Å². The van der Waals surface area contributed by atoms with E-state index < -0.39 is 0 Å². The molecule has 112 valence electrons. The largest absolute Gasteiger partial charge is 0.305 e. The summed E-state index contributed by atoms with van der Waals surface area (Å²) in [6.07, 6.45) is 9.60. The van der Waals surface area contributed by atoms with Crippen molar-refractivity contribution >= 4 is 0 Å². The van der Waals surface area contributed by atoms with Gasteiger partial charge in [0.15, 0.2) is 0 Å². The molecular formula is C15H32N4. The van der Waals surface area contributed by atoms with Crippen LogP contribution in [0.25, 0.3) is 0 Å². The van der Waals surface area contributed by atoms with E-state index in [2.05, 4.69) is 29.3 Å². The molecule has 4 nitrogen and oxygen atoms in total. The lowest BCUT2D eigenvalue weighted by molar-refractivity contribution is 0.154. The Morgan fingerprint density at radius 1 is 1.11 bits per heavy atom. The lowest BCUT2D eigenvalue weighted by atomic mass is 9.83. The first-order chi connectivity index (χ1) is 9.20. The quantitative estimate of drug-likeness (QED) is 0.598. The van der Waals surface area contributed by atoms with Crippen LogP contribution >= 0.6 is 0 Å². The number of rotatable bonds is 4. The van der Waals surface area contributed by atoms with Crippen molar-refractivity contribution in [1.82, 2.24) is 15.2 Å². The standard InChI is InChI=1S/C15H32N4/c1-18-9-6-10-19(2)15(12-18)14(17-16)11-13-7-4-3-5-8-13/h13-15,17H,3-12,16H2,1-2H3. The van der Waals surface area contributed by atoms with Crippen LogP contribution in [0, 0.1) is 5.92 Å². The first kappa shape index (κ1) is 15.2. The van der Waals surface area contributed by atoms with Crippen LogP contribution in [0.3, 0.4) is 0 Å². The molecule has 19 heavy (non-hydrogen) atoms. The molecule has 1 heterocycles. The van der Waals surface area contributed by atoms with E-state index in [1.807, 2.05) is 0 Å². The third-order valence-corrected chi connectivity index (χ3v) is 5.11. The van der Waals surface area contributed by atoms with Crippen molar-refractivity contribution in [3.8, 4) is 0 Å². The molecule has 3 N–H and O–H groups in total. The number of likely N-dealkylation sites (N-methyl/N-ethyl adjacent to an activating group) is 2. The molecular weight excluding hydrogens is 236 g/mol. The Hall–Kier alpha value is -0.160. The van der Waals surface area contributed by atoms with Gasteiger partial charge in [0.25, 0.3) is 0 Å². The van der Waals surface area contributed by atoms with Crippen LogP contribution < -0.4 is 11.3 Å². The molecule has 1 saturated carbocycles. The Kier molecular flexibility index (Phi) is 6.07. The average molecular weight is 268 g/mol. The summed E-state index contributed by atoms with van der Waals surface area (Å²) >= 11 is 0. The number of hydrogen-bond acceptors (Lipinski definition) is 4. The lowest BCUT2D eigenvalue weighted by Crippen LogP contribution is -2.55. The Bertz CT molecular complexity index is 253. The van der Waals surface area contributed by atoms with Gasteiger partial charge in [-0.2, -0.15) is 0 Å². The van der Waals surface area contributed by atoms with Gasteiger partial charge in [-0.15, -0.1) is 0 Å². The zero-order valence-electron chi connectivity index (χ0n) is 12.8. The molecule has 0 bridgehead atoms. The predicted molar refractivity (Wildman–Crippen MR) is 80.8 cm³/mol. The second-order valence-electron chi connectivity index (χ2n) is 6.68. The van der Waals surface area contributed by atoms with E-state index in [1.165, 1.54) is 58.0 Å². The predicted octanol–water partition coefficient (Wildman–Crippen LogP) is 1.42. The van der Waals surface area contributed by atoms with Crippen molar-refractivity contribution in [3.05, 3.63) is 0 Å². The van der Waals surface area contributed by atoms with Gasteiger partial charge < -0.3 is 9.80 Å². The number of nitrogens with zero attached hydrogens (tertiary/aromatic N) is 2. The fourth-order valence-electron chi connectivity index (χ4n) is 3.86. The lowest BCUT2D eigenvalue weighted by Gasteiger charge is -2.36. The van der Waals surface area contributed by atoms with Crippen LogP contribution in [0.15, 0.2) is 0 Å². The number of nitrogens with one attached hydrogen (secondary N) is 1. The second kappa shape index (κ2) is 7.58. The van der Waals surface area contributed by atoms with Crippen molar-refractivity contribution in [2.24, 2.45) is 11.8 Å². The van der Waals surface area contributed by atoms with Gasteiger partial charge >= 0.3 is 0 Å². The van der Waals surface area contributed by atoms with Crippen LogP contribution in [0.1, 0.15) is 44.9 Å². The molecule has 0 radical (unpaired) electrons. The second-order valence-corrected chi connectivity index (χ2v) is 6.68. The van der Waals surface area contributed by atoms with Crippen LogP contribution in [-0.4, -0.2) is 55.6 Å². The summed E-state index contributed by atoms with van der Waals surface area (Å²) in [5.41, 5.74) is 3.13. The normalized spacial score (nSPS) is 30.2. The van der Waals surface area contributed by atoms with Gasteiger partial charge in [-0.3, -0.25) is 11.3 Å². The summed E-state index contributed by atoms with van der Waals surface area (Å²) in [6.45, 7) is 3.54. The molecule has 2 fully saturated rings. The third-order valence-electron chi connectivity index (χ3n) is 5.11. The van der Waals surface area contributed by atoms with E-state index in [4.69, 9.17) is 5.84 Å². The highest BCUT2D eigenvalue weighted by Crippen LogP contribution is 2.28. The maximum Gasteiger partial charge on any atom is 0.0386 e. The van der Waals surface area contributed by atoms with E-state index >= 15 is 0 Å². The van der Waals surface area contributed by atoms with Crippen molar-refractivity contribution in [1.29, 1.82) is 0 Å². The highest BCUT2D eigenvalue weighted by atomic mass is 15.3. The molecule has 0 aromatic carbocycles. The zero-order valence-corrected chi connectivity index (χ0v) is 12.8. The summed E-state index contributed by atoms with van der Waals surface area (Å²) in [6, 6.07) is 0.994. The number of hydrazine groups is 1. The summed E-state index contributed by atoms with van der Waals surface area (Å²) in [5.74, 6) is 6.77. The molecule has 0 spiro atoms. The van der Waals surface area contributed by atoms with Crippen molar-refractivity contribution in [3.63, 3.8) is 0 Å². The first-order valence-corrected chi connectivity index (χ1v) is 8.05. The Labute approximate surface area is 118 Å². The van der Waals surface area contributed by atoms with E-state index in [0.29, 0.717) is 12.1 Å². The van der Waals surface area contributed by atoms with E-state index in [9.17, 15) is 0 Å². The van der Waals surface area contributed by atoms with E-state index in [1.54, 1.807) is 0 Å².